The van der Waals surface area contributed by atoms with Crippen LogP contribution < -0.4 is 15.4 Å². The molecule has 2 aromatic carbocycles. The lowest BCUT2D eigenvalue weighted by molar-refractivity contribution is -0.142. The minimum atomic E-state index is -0.867. The highest BCUT2D eigenvalue weighted by atomic mass is 16.5. The molecule has 8 heteroatoms. The van der Waals surface area contributed by atoms with Gasteiger partial charge in [0.05, 0.1) is 32.0 Å². The maximum absolute atomic E-state index is 13.8. The fourth-order valence-electron chi connectivity index (χ4n) is 5.97. The molecule has 2 bridgehead atoms. The summed E-state index contributed by atoms with van der Waals surface area (Å²) in [6.07, 6.45) is 7.19. The molecule has 6 atom stereocenters. The van der Waals surface area contributed by atoms with Crippen molar-refractivity contribution in [3.05, 3.63) is 77.4 Å². The van der Waals surface area contributed by atoms with Gasteiger partial charge in [-0.3, -0.25) is 9.59 Å². The number of aliphatic hydroxyl groups is 1. The molecule has 3 N–H and O–H groups in total. The number of likely N-dealkylation sites (N-methyl/N-ethyl adjacent to an activating group) is 1. The van der Waals surface area contributed by atoms with Gasteiger partial charge >= 0.3 is 0 Å². The number of fused-ring (bicyclic) bond motifs is 5. The van der Waals surface area contributed by atoms with Gasteiger partial charge in [-0.2, -0.15) is 0 Å². The van der Waals surface area contributed by atoms with Crippen molar-refractivity contribution in [2.45, 2.75) is 82.7 Å². The smallest absolute Gasteiger partial charge is 0.243 e. The lowest BCUT2D eigenvalue weighted by Gasteiger charge is -2.32. The van der Waals surface area contributed by atoms with Crippen molar-refractivity contribution in [1.82, 2.24) is 15.5 Å². The Morgan fingerprint density at radius 2 is 1.95 bits per heavy atom. The topological polar surface area (TPSA) is 100 Å². The van der Waals surface area contributed by atoms with Crippen molar-refractivity contribution in [3.8, 4) is 5.75 Å². The number of nitrogens with one attached hydrogen (secondary N) is 2. The number of benzene rings is 2. The highest BCUT2D eigenvalue weighted by molar-refractivity contribution is 5.88. The number of methoxy groups -OCH3 is 1. The SMILES string of the molecule is CCCC[C@H](C)C(=O)N(C)[C@H]1C/C=C\CO[C@@H]2C[C@H](NC[C@@H](O)[C@H](Cc3ccccc3)NC1=O)c1cc(OC)ccc12. The zero-order valence-corrected chi connectivity index (χ0v) is 25.4. The zero-order valence-electron chi connectivity index (χ0n) is 25.4. The van der Waals surface area contributed by atoms with E-state index in [-0.39, 0.29) is 36.4 Å². The molecule has 4 rings (SSSR count). The van der Waals surface area contributed by atoms with Gasteiger partial charge in [0.1, 0.15) is 11.8 Å². The average Bonchev–Trinajstić information content (AvgIpc) is 3.35. The van der Waals surface area contributed by atoms with Gasteiger partial charge in [0.15, 0.2) is 0 Å². The quantitative estimate of drug-likeness (QED) is 0.400. The Labute approximate surface area is 250 Å². The number of ether oxygens (including phenoxy) is 2. The molecule has 2 aliphatic rings. The molecule has 0 fully saturated rings. The Bertz CT molecular complexity index is 1200. The molecule has 2 aromatic rings. The van der Waals surface area contributed by atoms with Crippen LogP contribution in [-0.2, 0) is 20.7 Å². The summed E-state index contributed by atoms with van der Waals surface area (Å²) in [5.74, 6) is 0.290. The van der Waals surface area contributed by atoms with E-state index < -0.39 is 18.2 Å². The maximum Gasteiger partial charge on any atom is 0.243 e. The molecule has 8 nitrogen and oxygen atoms in total. The third-order valence-corrected chi connectivity index (χ3v) is 8.58. The second-order valence-electron chi connectivity index (χ2n) is 11.6. The molecule has 0 radical (unpaired) electrons. The summed E-state index contributed by atoms with van der Waals surface area (Å²) in [4.78, 5) is 28.7. The Hall–Kier alpha value is -3.20. The molecular formula is C34H47N3O5. The van der Waals surface area contributed by atoms with E-state index in [4.69, 9.17) is 9.47 Å². The first-order valence-electron chi connectivity index (χ1n) is 15.3. The number of nitrogens with zero attached hydrogens (tertiary/aromatic N) is 1. The second kappa shape index (κ2) is 15.3. The molecule has 0 saturated carbocycles. The van der Waals surface area contributed by atoms with Crippen LogP contribution in [0.4, 0.5) is 0 Å². The van der Waals surface area contributed by atoms with Crippen LogP contribution in [0.5, 0.6) is 5.75 Å². The van der Waals surface area contributed by atoms with Gasteiger partial charge in [0.25, 0.3) is 0 Å². The van der Waals surface area contributed by atoms with Crippen molar-refractivity contribution < 1.29 is 24.2 Å². The minimum Gasteiger partial charge on any atom is -0.497 e. The van der Waals surface area contributed by atoms with Gasteiger partial charge in [0.2, 0.25) is 11.8 Å². The first-order chi connectivity index (χ1) is 20.3. The summed E-state index contributed by atoms with van der Waals surface area (Å²) < 4.78 is 11.8. The number of β-amino-alcohol motifs (C(OH)–C–C–N with tert-alkyl or cyclic N) is 1. The van der Waals surface area contributed by atoms with Crippen LogP contribution in [-0.4, -0.2) is 67.3 Å². The Morgan fingerprint density at radius 1 is 1.17 bits per heavy atom. The fourth-order valence-corrected chi connectivity index (χ4v) is 5.97. The predicted molar refractivity (Wildman–Crippen MR) is 164 cm³/mol. The monoisotopic (exact) mass is 577 g/mol. The van der Waals surface area contributed by atoms with E-state index in [0.29, 0.717) is 19.4 Å². The summed E-state index contributed by atoms with van der Waals surface area (Å²) >= 11 is 0. The normalized spacial score (nSPS) is 26.2. The Morgan fingerprint density at radius 3 is 2.69 bits per heavy atom. The molecule has 42 heavy (non-hydrogen) atoms. The predicted octanol–water partition coefficient (Wildman–Crippen LogP) is 4.49. The van der Waals surface area contributed by atoms with Crippen LogP contribution in [0.25, 0.3) is 0 Å². The molecule has 1 aliphatic carbocycles. The van der Waals surface area contributed by atoms with Crippen LogP contribution in [0.15, 0.2) is 60.7 Å². The number of rotatable bonds is 8. The lowest BCUT2D eigenvalue weighted by Crippen LogP contribution is -2.55. The van der Waals surface area contributed by atoms with E-state index >= 15 is 0 Å². The van der Waals surface area contributed by atoms with Crippen molar-refractivity contribution in [2.75, 3.05) is 27.3 Å². The third-order valence-electron chi connectivity index (χ3n) is 8.58. The van der Waals surface area contributed by atoms with Crippen molar-refractivity contribution in [2.24, 2.45) is 5.92 Å². The highest BCUT2D eigenvalue weighted by Gasteiger charge is 2.35. The summed E-state index contributed by atoms with van der Waals surface area (Å²) in [5, 5.41) is 18.1. The van der Waals surface area contributed by atoms with E-state index in [1.165, 1.54) is 0 Å². The molecule has 228 valence electrons. The number of amides is 2. The molecule has 1 heterocycles. The second-order valence-corrected chi connectivity index (χ2v) is 11.6. The maximum atomic E-state index is 13.8. The van der Waals surface area contributed by atoms with E-state index in [1.807, 2.05) is 61.5 Å². The van der Waals surface area contributed by atoms with E-state index in [1.54, 1.807) is 19.1 Å². The number of carbonyl (C=O) groups is 2. The van der Waals surface area contributed by atoms with E-state index in [9.17, 15) is 14.7 Å². The molecule has 2 amide bonds. The Balaban J connectivity index is 1.61. The minimum absolute atomic E-state index is 0.0296. The van der Waals surface area contributed by atoms with Gasteiger partial charge in [-0.05, 0) is 54.5 Å². The van der Waals surface area contributed by atoms with Gasteiger partial charge in [-0.15, -0.1) is 0 Å². The Kier molecular flexibility index (Phi) is 11.6. The fraction of sp³-hybridized carbons (Fsp3) is 0.529. The molecule has 0 unspecified atom stereocenters. The number of unbranched alkanes of at least 4 members (excludes halogenated alkanes) is 1. The van der Waals surface area contributed by atoms with Crippen molar-refractivity contribution in [1.29, 1.82) is 0 Å². The zero-order chi connectivity index (χ0) is 30.1. The first kappa shape index (κ1) is 31.7. The summed E-state index contributed by atoms with van der Waals surface area (Å²) in [5.41, 5.74) is 3.23. The number of carbonyl (C=O) groups excluding carboxylic acids is 2. The van der Waals surface area contributed by atoms with Crippen LogP contribution >= 0.6 is 0 Å². The summed E-state index contributed by atoms with van der Waals surface area (Å²) in [7, 11) is 3.36. The van der Waals surface area contributed by atoms with Crippen LogP contribution in [0.2, 0.25) is 0 Å². The van der Waals surface area contributed by atoms with Crippen LogP contribution in [0, 0.1) is 5.92 Å². The summed E-state index contributed by atoms with van der Waals surface area (Å²) in [6.45, 7) is 4.70. The number of aliphatic hydroxyl groups excluding tert-OH is 1. The van der Waals surface area contributed by atoms with Gasteiger partial charge < -0.3 is 30.1 Å². The number of hydrogen-bond acceptors (Lipinski definition) is 6. The van der Waals surface area contributed by atoms with Gasteiger partial charge in [0, 0.05) is 25.6 Å². The summed E-state index contributed by atoms with van der Waals surface area (Å²) in [6, 6.07) is 14.6. The highest BCUT2D eigenvalue weighted by Crippen LogP contribution is 2.42. The van der Waals surface area contributed by atoms with Gasteiger partial charge in [-0.25, -0.2) is 0 Å². The average molecular weight is 578 g/mol. The molecule has 1 aliphatic heterocycles. The van der Waals surface area contributed by atoms with E-state index in [0.717, 1.165) is 48.1 Å². The third kappa shape index (κ3) is 8.00. The molecule has 0 spiro atoms. The van der Waals surface area contributed by atoms with Crippen LogP contribution in [0.3, 0.4) is 0 Å². The lowest BCUT2D eigenvalue weighted by atomic mass is 9.98. The van der Waals surface area contributed by atoms with Gasteiger partial charge in [-0.1, -0.05) is 75.2 Å². The van der Waals surface area contributed by atoms with Crippen molar-refractivity contribution in [3.63, 3.8) is 0 Å². The molecular weight excluding hydrogens is 530 g/mol. The standard InChI is InChI=1S/C34H47N3O5/c1-5-6-12-23(2)34(40)37(3)30-15-10-11-18-42-32-21-28(27-20-25(41-4)16-17-26(27)32)35-22-31(38)29(36-33(30)39)19-24-13-8-7-9-14-24/h7-11,13-14,16-17,20,23,28-32,35,38H,5-6,12,15,18-19,21-22H2,1-4H3,(H,36,39)/b11-10-/t23-,28-,29-,30-,31+,32+/m0/s1. The molecule has 0 saturated heterocycles. The number of hydrogen-bond donors (Lipinski definition) is 3. The van der Waals surface area contributed by atoms with Crippen LogP contribution in [0.1, 0.15) is 74.8 Å². The van der Waals surface area contributed by atoms with Crippen molar-refractivity contribution >= 4 is 11.8 Å². The first-order valence-corrected chi connectivity index (χ1v) is 15.3. The molecule has 0 aromatic heterocycles. The largest absolute Gasteiger partial charge is 0.497 e. The van der Waals surface area contributed by atoms with E-state index in [2.05, 4.69) is 23.6 Å².